The second kappa shape index (κ2) is 9.88. The van der Waals surface area contributed by atoms with E-state index in [2.05, 4.69) is 12.1 Å². The summed E-state index contributed by atoms with van der Waals surface area (Å²) in [6.45, 7) is 2.16. The van der Waals surface area contributed by atoms with Crippen molar-refractivity contribution in [3.8, 4) is 10.4 Å². The van der Waals surface area contributed by atoms with Gasteiger partial charge in [-0.3, -0.25) is 9.59 Å². The normalized spacial score (nSPS) is 14.0. The molecule has 31 heavy (non-hydrogen) atoms. The summed E-state index contributed by atoms with van der Waals surface area (Å²) in [5, 5.41) is 0. The highest BCUT2D eigenvalue weighted by molar-refractivity contribution is 7.17. The molecule has 0 atom stereocenters. The molecule has 0 bridgehead atoms. The zero-order valence-corrected chi connectivity index (χ0v) is 18.1. The molecule has 1 fully saturated rings. The van der Waals surface area contributed by atoms with Crippen molar-refractivity contribution in [1.29, 1.82) is 0 Å². The molecule has 2 heterocycles. The number of hydrogen-bond acceptors (Lipinski definition) is 3. The molecule has 1 saturated heterocycles. The van der Waals surface area contributed by atoms with Crippen LogP contribution >= 0.6 is 11.3 Å². The lowest BCUT2D eigenvalue weighted by Crippen LogP contribution is -2.50. The average molecular weight is 437 g/mol. The Bertz CT molecular complexity index is 1040. The van der Waals surface area contributed by atoms with Gasteiger partial charge in [0.05, 0.1) is 4.88 Å². The Hall–Kier alpha value is -2.99. The first-order valence-corrected chi connectivity index (χ1v) is 11.4. The van der Waals surface area contributed by atoms with Crippen molar-refractivity contribution >= 4 is 23.2 Å². The van der Waals surface area contributed by atoms with Crippen LogP contribution in [-0.4, -0.2) is 47.8 Å². The maximum absolute atomic E-state index is 14.0. The number of thiophene rings is 1. The fourth-order valence-electron chi connectivity index (χ4n) is 3.82. The van der Waals surface area contributed by atoms with E-state index in [0.29, 0.717) is 43.0 Å². The van der Waals surface area contributed by atoms with Crippen LogP contribution in [0.3, 0.4) is 0 Å². The largest absolute Gasteiger partial charge is 0.339 e. The number of benzene rings is 2. The predicted octanol–water partition coefficient (Wildman–Crippen LogP) is 4.86. The minimum atomic E-state index is -0.289. The monoisotopic (exact) mass is 436 g/mol. The van der Waals surface area contributed by atoms with Gasteiger partial charge < -0.3 is 9.80 Å². The minimum Gasteiger partial charge on any atom is -0.339 e. The summed E-state index contributed by atoms with van der Waals surface area (Å²) in [6.07, 6.45) is 2.25. The molecule has 0 aliphatic carbocycles. The Labute approximate surface area is 185 Å². The predicted molar refractivity (Wildman–Crippen MR) is 122 cm³/mol. The average Bonchev–Trinajstić information content (AvgIpc) is 3.30. The Kier molecular flexibility index (Phi) is 6.77. The van der Waals surface area contributed by atoms with Gasteiger partial charge in [-0.25, -0.2) is 4.39 Å². The van der Waals surface area contributed by atoms with Gasteiger partial charge in [0.15, 0.2) is 0 Å². The molecule has 6 heteroatoms. The third kappa shape index (κ3) is 5.20. The first-order valence-electron chi connectivity index (χ1n) is 10.6. The van der Waals surface area contributed by atoms with Crippen LogP contribution in [0.1, 0.15) is 28.1 Å². The van der Waals surface area contributed by atoms with E-state index < -0.39 is 0 Å². The number of carbonyl (C=O) groups is 2. The van der Waals surface area contributed by atoms with Crippen molar-refractivity contribution in [2.45, 2.75) is 19.3 Å². The quantitative estimate of drug-likeness (QED) is 0.554. The molecule has 2 amide bonds. The molecule has 0 unspecified atom stereocenters. The van der Waals surface area contributed by atoms with E-state index in [-0.39, 0.29) is 17.6 Å². The summed E-state index contributed by atoms with van der Waals surface area (Å²) in [5.74, 6) is -0.188. The van der Waals surface area contributed by atoms with E-state index in [9.17, 15) is 14.0 Å². The molecule has 160 valence electrons. The fourth-order valence-corrected chi connectivity index (χ4v) is 4.82. The van der Waals surface area contributed by atoms with Crippen LogP contribution in [0.4, 0.5) is 4.39 Å². The maximum atomic E-state index is 14.0. The smallest absolute Gasteiger partial charge is 0.264 e. The van der Waals surface area contributed by atoms with E-state index in [0.717, 1.165) is 17.7 Å². The van der Waals surface area contributed by atoms with Crippen LogP contribution in [-0.2, 0) is 11.2 Å². The SMILES string of the molecule is O=C(CCCc1ccccc1)N1CCN(C(=O)c2ccc(-c3ccccc3F)s2)CC1. The molecular formula is C25H25FN2O2S. The van der Waals surface area contributed by atoms with Crippen LogP contribution in [0.2, 0.25) is 0 Å². The van der Waals surface area contributed by atoms with Crippen LogP contribution in [0.5, 0.6) is 0 Å². The zero-order valence-electron chi connectivity index (χ0n) is 17.3. The summed E-state index contributed by atoms with van der Waals surface area (Å²) >= 11 is 1.31. The van der Waals surface area contributed by atoms with Crippen LogP contribution in [0, 0.1) is 5.82 Å². The van der Waals surface area contributed by atoms with Gasteiger partial charge in [0.1, 0.15) is 5.82 Å². The minimum absolute atomic E-state index is 0.0521. The van der Waals surface area contributed by atoms with Crippen molar-refractivity contribution in [2.24, 2.45) is 0 Å². The second-order valence-corrected chi connectivity index (χ2v) is 8.74. The Morgan fingerprint density at radius 2 is 1.52 bits per heavy atom. The Morgan fingerprint density at radius 1 is 0.839 bits per heavy atom. The van der Waals surface area contributed by atoms with Gasteiger partial charge in [-0.2, -0.15) is 0 Å². The fraction of sp³-hybridized carbons (Fsp3) is 0.280. The van der Waals surface area contributed by atoms with E-state index in [1.54, 1.807) is 35.2 Å². The van der Waals surface area contributed by atoms with Gasteiger partial charge in [-0.05, 0) is 36.6 Å². The molecule has 0 N–H and O–H groups in total. The first kappa shape index (κ1) is 21.2. The summed E-state index contributed by atoms with van der Waals surface area (Å²) < 4.78 is 14.0. The van der Waals surface area contributed by atoms with Gasteiger partial charge in [0, 0.05) is 43.0 Å². The molecule has 1 aromatic heterocycles. The van der Waals surface area contributed by atoms with E-state index in [1.165, 1.54) is 23.0 Å². The number of aryl methyl sites for hydroxylation is 1. The highest BCUT2D eigenvalue weighted by Gasteiger charge is 2.25. The van der Waals surface area contributed by atoms with Crippen LogP contribution in [0.25, 0.3) is 10.4 Å². The molecule has 4 rings (SSSR count). The van der Waals surface area contributed by atoms with E-state index in [4.69, 9.17) is 0 Å². The summed E-state index contributed by atoms with van der Waals surface area (Å²) in [4.78, 5) is 30.4. The van der Waals surface area contributed by atoms with Crippen molar-refractivity contribution < 1.29 is 14.0 Å². The zero-order chi connectivity index (χ0) is 21.6. The molecule has 1 aliphatic rings. The first-order chi connectivity index (χ1) is 15.1. The third-order valence-electron chi connectivity index (χ3n) is 5.57. The molecule has 2 aromatic carbocycles. The summed E-state index contributed by atoms with van der Waals surface area (Å²) in [7, 11) is 0. The molecule has 0 spiro atoms. The Balaban J connectivity index is 1.27. The Morgan fingerprint density at radius 3 is 2.26 bits per heavy atom. The lowest BCUT2D eigenvalue weighted by atomic mass is 10.1. The summed E-state index contributed by atoms with van der Waals surface area (Å²) in [5.41, 5.74) is 1.76. The van der Waals surface area contributed by atoms with Gasteiger partial charge in [0.25, 0.3) is 5.91 Å². The molecule has 3 aromatic rings. The van der Waals surface area contributed by atoms with Gasteiger partial charge >= 0.3 is 0 Å². The molecule has 0 radical (unpaired) electrons. The highest BCUT2D eigenvalue weighted by Crippen LogP contribution is 2.30. The molecule has 1 aliphatic heterocycles. The van der Waals surface area contributed by atoms with Crippen molar-refractivity contribution in [1.82, 2.24) is 9.80 Å². The molecular weight excluding hydrogens is 411 g/mol. The van der Waals surface area contributed by atoms with Gasteiger partial charge in [-0.1, -0.05) is 48.5 Å². The number of carbonyl (C=O) groups excluding carboxylic acids is 2. The number of rotatable bonds is 6. The molecule has 0 saturated carbocycles. The van der Waals surface area contributed by atoms with E-state index in [1.807, 2.05) is 23.1 Å². The number of amides is 2. The van der Waals surface area contributed by atoms with Gasteiger partial charge in [-0.15, -0.1) is 11.3 Å². The lowest BCUT2D eigenvalue weighted by molar-refractivity contribution is -0.132. The standard InChI is InChI=1S/C25H25FN2O2S/c26-21-11-5-4-10-20(21)22-13-14-23(31-22)25(30)28-17-15-27(16-18-28)24(29)12-6-9-19-7-2-1-3-8-19/h1-5,7-8,10-11,13-14H,6,9,12,15-18H2. The number of halogens is 1. The number of nitrogens with zero attached hydrogens (tertiary/aromatic N) is 2. The summed E-state index contributed by atoms with van der Waals surface area (Å²) in [6, 6.07) is 20.3. The lowest BCUT2D eigenvalue weighted by Gasteiger charge is -2.34. The topological polar surface area (TPSA) is 40.6 Å². The highest BCUT2D eigenvalue weighted by atomic mass is 32.1. The van der Waals surface area contributed by atoms with Crippen molar-refractivity contribution in [2.75, 3.05) is 26.2 Å². The van der Waals surface area contributed by atoms with Crippen molar-refractivity contribution in [3.63, 3.8) is 0 Å². The second-order valence-electron chi connectivity index (χ2n) is 7.66. The number of piperazine rings is 1. The number of hydrogen-bond donors (Lipinski definition) is 0. The van der Waals surface area contributed by atoms with Crippen LogP contribution < -0.4 is 0 Å². The van der Waals surface area contributed by atoms with Gasteiger partial charge in [0.2, 0.25) is 5.91 Å². The van der Waals surface area contributed by atoms with E-state index >= 15 is 0 Å². The third-order valence-corrected chi connectivity index (χ3v) is 6.68. The van der Waals surface area contributed by atoms with Crippen molar-refractivity contribution in [3.05, 3.63) is 83.0 Å². The molecule has 4 nitrogen and oxygen atoms in total. The van der Waals surface area contributed by atoms with Crippen LogP contribution in [0.15, 0.2) is 66.7 Å². The maximum Gasteiger partial charge on any atom is 0.264 e.